The van der Waals surface area contributed by atoms with E-state index in [0.29, 0.717) is 22.9 Å². The van der Waals surface area contributed by atoms with E-state index in [9.17, 15) is 9.18 Å². The van der Waals surface area contributed by atoms with Crippen LogP contribution in [0.5, 0.6) is 0 Å². The fourth-order valence-corrected chi connectivity index (χ4v) is 7.98. The average molecular weight is 521 g/mol. The number of nitrogens with zero attached hydrogens (tertiary/aromatic N) is 3. The standard InChI is InChI=1S/C30H34ClFN4O/c31-22-5-4-6-26-27(22)28(37)34-29-30(12-2-1-3-13-30)21-17-20(7-8-24(21)36(26)29)19-10-15-35(16-11-19)25-9-14-33-18-23(25)32/h4-8,17,19,23,25,33H,1-3,9-16,18H2. The molecule has 194 valence electrons. The predicted octanol–water partition coefficient (Wildman–Crippen LogP) is 5.48. The molecule has 1 saturated carbocycles. The average Bonchev–Trinajstić information content (AvgIpc) is 3.18. The van der Waals surface area contributed by atoms with Gasteiger partial charge in [-0.05, 0) is 87.0 Å². The van der Waals surface area contributed by atoms with E-state index < -0.39 is 6.17 Å². The van der Waals surface area contributed by atoms with Gasteiger partial charge >= 0.3 is 0 Å². The number of hydrogen-bond acceptors (Lipinski definition) is 4. The zero-order valence-electron chi connectivity index (χ0n) is 21.2. The molecular formula is C30H34ClFN4O. The van der Waals surface area contributed by atoms with Gasteiger partial charge in [-0.25, -0.2) is 4.39 Å². The molecule has 1 spiro atoms. The van der Waals surface area contributed by atoms with Gasteiger partial charge < -0.3 is 5.32 Å². The van der Waals surface area contributed by atoms with Gasteiger partial charge in [-0.2, -0.15) is 4.98 Å². The SMILES string of the molecule is O=c1nc2n(c3cccc(Cl)c13)-c1ccc(C3CCN(C4CCNCC4F)CC3)cc1C21CCCCC1. The van der Waals surface area contributed by atoms with Gasteiger partial charge in [0.2, 0.25) is 0 Å². The number of hydrogen-bond donors (Lipinski definition) is 1. The number of alkyl halides is 1. The molecule has 5 nitrogen and oxygen atoms in total. The van der Waals surface area contributed by atoms with Crippen molar-refractivity contribution in [3.05, 3.63) is 68.7 Å². The molecule has 0 radical (unpaired) electrons. The Hall–Kier alpha value is -2.28. The van der Waals surface area contributed by atoms with Gasteiger partial charge in [0.05, 0.1) is 27.0 Å². The van der Waals surface area contributed by atoms with Gasteiger partial charge in [-0.1, -0.05) is 49.1 Å². The van der Waals surface area contributed by atoms with Crippen LogP contribution in [0.1, 0.15) is 74.2 Å². The van der Waals surface area contributed by atoms with E-state index in [2.05, 4.69) is 33.0 Å². The summed E-state index contributed by atoms with van der Waals surface area (Å²) < 4.78 is 16.8. The van der Waals surface area contributed by atoms with Gasteiger partial charge in [0.1, 0.15) is 12.0 Å². The summed E-state index contributed by atoms with van der Waals surface area (Å²) in [6, 6.07) is 12.7. The lowest BCUT2D eigenvalue weighted by molar-refractivity contribution is 0.0645. The first-order chi connectivity index (χ1) is 18.1. The molecule has 0 amide bonds. The van der Waals surface area contributed by atoms with Gasteiger partial charge in [-0.3, -0.25) is 14.3 Å². The molecule has 37 heavy (non-hydrogen) atoms. The fourth-order valence-electron chi connectivity index (χ4n) is 7.73. The van der Waals surface area contributed by atoms with Crippen molar-refractivity contribution in [3.8, 4) is 5.69 Å². The zero-order chi connectivity index (χ0) is 25.1. The maximum atomic E-state index is 14.6. The topological polar surface area (TPSA) is 50.2 Å². The first-order valence-electron chi connectivity index (χ1n) is 14.0. The van der Waals surface area contributed by atoms with Crippen LogP contribution in [0.3, 0.4) is 0 Å². The molecule has 1 aliphatic carbocycles. The highest BCUT2D eigenvalue weighted by Gasteiger charge is 2.47. The van der Waals surface area contributed by atoms with Crippen molar-refractivity contribution in [1.82, 2.24) is 19.8 Å². The number of aromatic nitrogens is 2. The first-order valence-corrected chi connectivity index (χ1v) is 14.4. The van der Waals surface area contributed by atoms with E-state index in [1.165, 1.54) is 17.5 Å². The van der Waals surface area contributed by atoms with Gasteiger partial charge in [0.25, 0.3) is 5.56 Å². The molecule has 1 aromatic heterocycles. The summed E-state index contributed by atoms with van der Waals surface area (Å²) in [5, 5.41) is 4.15. The number of benzene rings is 2. The maximum absolute atomic E-state index is 14.6. The largest absolute Gasteiger partial charge is 0.314 e. The molecule has 3 aliphatic heterocycles. The smallest absolute Gasteiger partial charge is 0.282 e. The first kappa shape index (κ1) is 23.8. The number of nitrogens with one attached hydrogen (secondary N) is 1. The van der Waals surface area contributed by atoms with E-state index in [0.717, 1.165) is 81.6 Å². The second-order valence-corrected chi connectivity index (χ2v) is 11.9. The van der Waals surface area contributed by atoms with Crippen LogP contribution < -0.4 is 10.9 Å². The van der Waals surface area contributed by atoms with Crippen molar-refractivity contribution in [2.24, 2.45) is 0 Å². The van der Waals surface area contributed by atoms with Crippen molar-refractivity contribution in [2.75, 3.05) is 26.2 Å². The second kappa shape index (κ2) is 9.18. The molecule has 7 heteroatoms. The van der Waals surface area contributed by atoms with Gasteiger partial charge in [0.15, 0.2) is 0 Å². The molecular weight excluding hydrogens is 487 g/mol. The Kier molecular flexibility index (Phi) is 5.91. The van der Waals surface area contributed by atoms with Crippen LogP contribution in [-0.4, -0.2) is 52.8 Å². The van der Waals surface area contributed by atoms with E-state index in [1.807, 2.05) is 12.1 Å². The molecule has 4 heterocycles. The molecule has 4 aliphatic rings. The number of fused-ring (bicyclic) bond motifs is 7. The minimum Gasteiger partial charge on any atom is -0.314 e. The van der Waals surface area contributed by atoms with Gasteiger partial charge in [0, 0.05) is 12.6 Å². The number of rotatable bonds is 2. The molecule has 0 bridgehead atoms. The Morgan fingerprint density at radius 2 is 1.86 bits per heavy atom. The normalized spacial score (nSPS) is 25.9. The van der Waals surface area contributed by atoms with Crippen molar-refractivity contribution < 1.29 is 4.39 Å². The highest BCUT2D eigenvalue weighted by atomic mass is 35.5. The fraction of sp³-hybridized carbons (Fsp3) is 0.533. The molecule has 1 N–H and O–H groups in total. The van der Waals surface area contributed by atoms with Crippen LogP contribution in [0.15, 0.2) is 41.2 Å². The third-order valence-electron chi connectivity index (χ3n) is 9.62. The van der Waals surface area contributed by atoms with Crippen LogP contribution in [0.2, 0.25) is 5.02 Å². The molecule has 2 atom stereocenters. The van der Waals surface area contributed by atoms with E-state index >= 15 is 0 Å². The van der Waals surface area contributed by atoms with Crippen molar-refractivity contribution in [2.45, 2.75) is 74.9 Å². The minimum absolute atomic E-state index is 0.0612. The Morgan fingerprint density at radius 3 is 2.65 bits per heavy atom. The molecule has 3 aromatic rings. The Morgan fingerprint density at radius 1 is 1.05 bits per heavy atom. The van der Waals surface area contributed by atoms with E-state index in [4.69, 9.17) is 16.6 Å². The van der Waals surface area contributed by atoms with Crippen LogP contribution in [0, 0.1) is 0 Å². The Balaban J connectivity index is 1.27. The van der Waals surface area contributed by atoms with Crippen LogP contribution >= 0.6 is 11.6 Å². The highest BCUT2D eigenvalue weighted by molar-refractivity contribution is 6.35. The summed E-state index contributed by atoms with van der Waals surface area (Å²) in [7, 11) is 0. The lowest BCUT2D eigenvalue weighted by Crippen LogP contribution is -2.53. The third-order valence-corrected chi connectivity index (χ3v) is 9.94. The van der Waals surface area contributed by atoms with Crippen molar-refractivity contribution >= 4 is 22.5 Å². The molecule has 2 aromatic carbocycles. The van der Waals surface area contributed by atoms with Crippen molar-refractivity contribution in [1.29, 1.82) is 0 Å². The minimum atomic E-state index is -0.770. The number of piperidine rings is 2. The Bertz CT molecular complexity index is 1410. The lowest BCUT2D eigenvalue weighted by Gasteiger charge is -2.41. The lowest BCUT2D eigenvalue weighted by atomic mass is 9.69. The van der Waals surface area contributed by atoms with Gasteiger partial charge in [-0.15, -0.1) is 0 Å². The van der Waals surface area contributed by atoms with Crippen molar-refractivity contribution in [3.63, 3.8) is 0 Å². The molecule has 3 fully saturated rings. The summed E-state index contributed by atoms with van der Waals surface area (Å²) in [4.78, 5) is 20.3. The highest BCUT2D eigenvalue weighted by Crippen LogP contribution is 2.52. The maximum Gasteiger partial charge on any atom is 0.282 e. The number of halogens is 2. The van der Waals surface area contributed by atoms with Crippen LogP contribution in [-0.2, 0) is 5.41 Å². The number of likely N-dealkylation sites (tertiary alicyclic amines) is 1. The predicted molar refractivity (Wildman–Crippen MR) is 146 cm³/mol. The Labute approximate surface area is 222 Å². The van der Waals surface area contributed by atoms with E-state index in [1.54, 1.807) is 6.07 Å². The summed E-state index contributed by atoms with van der Waals surface area (Å²) in [6.45, 7) is 3.30. The summed E-state index contributed by atoms with van der Waals surface area (Å²) >= 11 is 6.49. The molecule has 7 rings (SSSR count). The summed E-state index contributed by atoms with van der Waals surface area (Å²) in [6.07, 6.45) is 7.81. The summed E-state index contributed by atoms with van der Waals surface area (Å²) in [5.74, 6) is 1.37. The summed E-state index contributed by atoms with van der Waals surface area (Å²) in [5.41, 5.74) is 4.28. The van der Waals surface area contributed by atoms with E-state index in [-0.39, 0.29) is 17.0 Å². The monoisotopic (exact) mass is 520 g/mol. The van der Waals surface area contributed by atoms with Crippen LogP contribution in [0.25, 0.3) is 16.6 Å². The quantitative estimate of drug-likeness (QED) is 0.486. The molecule has 2 unspecified atom stereocenters. The van der Waals surface area contributed by atoms with Crippen LogP contribution in [0.4, 0.5) is 4.39 Å². The second-order valence-electron chi connectivity index (χ2n) is 11.5. The molecule has 2 saturated heterocycles. The zero-order valence-corrected chi connectivity index (χ0v) is 21.9. The third kappa shape index (κ3) is 3.70.